The Labute approximate surface area is 314 Å². The Morgan fingerprint density at radius 1 is 0.774 bits per heavy atom. The number of benzene rings is 3. The summed E-state index contributed by atoms with van der Waals surface area (Å²) in [5.74, 6) is -1.23. The fraction of sp³-hybridized carbons (Fsp3) is 0.310. The first kappa shape index (κ1) is 38.8. The topological polar surface area (TPSA) is 151 Å². The molecule has 2 aromatic heterocycles. The first-order valence-electron chi connectivity index (χ1n) is 18.1. The Morgan fingerprint density at radius 3 is 2.09 bits per heavy atom. The van der Waals surface area contributed by atoms with E-state index in [9.17, 15) is 24.6 Å². The van der Waals surface area contributed by atoms with Crippen LogP contribution in [0.3, 0.4) is 0 Å². The number of aliphatic hydroxyl groups excluding tert-OH is 1. The first-order valence-corrected chi connectivity index (χ1v) is 18.9. The van der Waals surface area contributed by atoms with Crippen LogP contribution in [0.4, 0.5) is 0 Å². The van der Waals surface area contributed by atoms with E-state index >= 15 is 0 Å². The summed E-state index contributed by atoms with van der Waals surface area (Å²) in [6.45, 7) is 4.91. The smallest absolute Gasteiger partial charge is 0.329 e. The van der Waals surface area contributed by atoms with Gasteiger partial charge in [-0.25, -0.2) is 14.8 Å². The summed E-state index contributed by atoms with van der Waals surface area (Å²) >= 11 is 1.33. The van der Waals surface area contributed by atoms with Crippen LogP contribution in [0.1, 0.15) is 77.7 Å². The SMILES string of the molecule is CCCCCCCOc1ccc(-c2cnc(-c3ccc(C[C@H](NC(=O)c4ccc(CC)s4)C(=O)NC(C(=O)O)C(O)c4ccccc4)cc3)nc2)cc1. The van der Waals surface area contributed by atoms with Gasteiger partial charge in [-0.2, -0.15) is 0 Å². The van der Waals surface area contributed by atoms with Crippen LogP contribution in [0.15, 0.2) is 103 Å². The van der Waals surface area contributed by atoms with Gasteiger partial charge in [0, 0.05) is 34.8 Å². The van der Waals surface area contributed by atoms with E-state index in [1.807, 2.05) is 61.5 Å². The maximum absolute atomic E-state index is 13.6. The third kappa shape index (κ3) is 11.1. The molecule has 3 aromatic carbocycles. The molecule has 0 saturated heterocycles. The fourth-order valence-electron chi connectivity index (χ4n) is 5.79. The van der Waals surface area contributed by atoms with Gasteiger partial charge in [0.15, 0.2) is 11.9 Å². The average Bonchev–Trinajstić information content (AvgIpc) is 3.68. The van der Waals surface area contributed by atoms with Gasteiger partial charge in [-0.1, -0.05) is 106 Å². The van der Waals surface area contributed by atoms with Crippen molar-refractivity contribution in [2.45, 2.75) is 77.0 Å². The van der Waals surface area contributed by atoms with E-state index in [0.717, 1.165) is 40.2 Å². The minimum absolute atomic E-state index is 0.0655. The van der Waals surface area contributed by atoms with E-state index in [1.54, 1.807) is 48.8 Å². The zero-order chi connectivity index (χ0) is 37.6. The summed E-state index contributed by atoms with van der Waals surface area (Å²) in [7, 11) is 0. The second-order valence-electron chi connectivity index (χ2n) is 12.8. The highest BCUT2D eigenvalue weighted by molar-refractivity contribution is 7.14. The van der Waals surface area contributed by atoms with Crippen LogP contribution in [0.5, 0.6) is 5.75 Å². The van der Waals surface area contributed by atoms with Gasteiger partial charge in [0.2, 0.25) is 5.91 Å². The molecule has 4 N–H and O–H groups in total. The number of aryl methyl sites for hydroxylation is 1. The Bertz CT molecular complexity index is 1910. The summed E-state index contributed by atoms with van der Waals surface area (Å²) in [4.78, 5) is 49.7. The number of carboxylic acids is 1. The maximum Gasteiger partial charge on any atom is 0.329 e. The zero-order valence-corrected chi connectivity index (χ0v) is 30.9. The van der Waals surface area contributed by atoms with Crippen LogP contribution < -0.4 is 15.4 Å². The Morgan fingerprint density at radius 2 is 1.45 bits per heavy atom. The number of nitrogens with zero attached hydrogens (tertiary/aromatic N) is 2. The molecule has 2 amide bonds. The van der Waals surface area contributed by atoms with E-state index < -0.39 is 36.0 Å². The number of unbranched alkanes of at least 4 members (excludes halogenated alkanes) is 4. The first-order chi connectivity index (χ1) is 25.7. The number of thiophene rings is 1. The van der Waals surface area contributed by atoms with Gasteiger partial charge in [0.05, 0.1) is 11.5 Å². The lowest BCUT2D eigenvalue weighted by Crippen LogP contribution is -2.54. The van der Waals surface area contributed by atoms with Crippen LogP contribution >= 0.6 is 11.3 Å². The van der Waals surface area contributed by atoms with Gasteiger partial charge >= 0.3 is 5.97 Å². The third-order valence-corrected chi connectivity index (χ3v) is 10.1. The summed E-state index contributed by atoms with van der Waals surface area (Å²) in [6, 6.07) is 24.2. The Balaban J connectivity index is 1.25. The lowest BCUT2D eigenvalue weighted by atomic mass is 10.00. The molecule has 10 nitrogen and oxygen atoms in total. The summed E-state index contributed by atoms with van der Waals surface area (Å²) in [5, 5.41) is 26.0. The van der Waals surface area contributed by atoms with E-state index in [-0.39, 0.29) is 6.42 Å². The predicted molar refractivity (Wildman–Crippen MR) is 207 cm³/mol. The maximum atomic E-state index is 13.6. The highest BCUT2D eigenvalue weighted by Gasteiger charge is 2.33. The molecule has 0 aliphatic heterocycles. The molecule has 0 radical (unpaired) electrons. The number of aromatic nitrogens is 2. The molecule has 53 heavy (non-hydrogen) atoms. The van der Waals surface area contributed by atoms with Crippen LogP contribution in [-0.2, 0) is 22.4 Å². The van der Waals surface area contributed by atoms with Crippen molar-refractivity contribution in [3.05, 3.63) is 124 Å². The molecular weight excluding hydrogens is 689 g/mol. The standard InChI is InChI=1S/C42H46N4O6S/c1-3-5-6-7-11-24-52-33-20-18-29(19-21-33)32-26-43-39(44-27-32)31-16-14-28(15-17-31)25-35(45-41(49)36-23-22-34(4-2)53-36)40(48)46-37(42(50)51)38(47)30-12-9-8-10-13-30/h8-10,12-23,26-27,35,37-38,47H,3-7,11,24-25H2,1-2H3,(H,45,49)(H,46,48)(H,50,51)/t35-,37?,38?/m0/s1. The number of nitrogens with one attached hydrogen (secondary N) is 2. The molecule has 0 aliphatic rings. The number of carbonyl (C=O) groups excluding carboxylic acids is 2. The highest BCUT2D eigenvalue weighted by atomic mass is 32.1. The molecule has 0 fully saturated rings. The number of ether oxygens (including phenoxy) is 1. The van der Waals surface area contributed by atoms with Crippen molar-refractivity contribution >= 4 is 29.1 Å². The van der Waals surface area contributed by atoms with E-state index in [2.05, 4.69) is 27.5 Å². The molecule has 276 valence electrons. The zero-order valence-electron chi connectivity index (χ0n) is 30.0. The number of carboxylic acid groups (broad SMARTS) is 1. The second kappa shape index (κ2) is 19.4. The fourth-order valence-corrected chi connectivity index (χ4v) is 6.64. The number of aliphatic hydroxyl groups is 1. The summed E-state index contributed by atoms with van der Waals surface area (Å²) < 4.78 is 5.89. The van der Waals surface area contributed by atoms with Crippen molar-refractivity contribution in [1.29, 1.82) is 0 Å². The van der Waals surface area contributed by atoms with Crippen molar-refractivity contribution in [2.24, 2.45) is 0 Å². The van der Waals surface area contributed by atoms with Crippen molar-refractivity contribution in [2.75, 3.05) is 6.61 Å². The van der Waals surface area contributed by atoms with Gasteiger partial charge in [0.25, 0.3) is 5.91 Å². The van der Waals surface area contributed by atoms with Crippen molar-refractivity contribution in [1.82, 2.24) is 20.6 Å². The molecule has 5 rings (SSSR count). The van der Waals surface area contributed by atoms with Crippen molar-refractivity contribution < 1.29 is 29.3 Å². The summed E-state index contributed by atoms with van der Waals surface area (Å²) in [5.41, 5.74) is 3.66. The summed E-state index contributed by atoms with van der Waals surface area (Å²) in [6.07, 6.45) is 8.83. The van der Waals surface area contributed by atoms with E-state index in [1.165, 1.54) is 37.0 Å². The average molecular weight is 735 g/mol. The van der Waals surface area contributed by atoms with Crippen LogP contribution in [0, 0.1) is 0 Å². The molecule has 0 spiro atoms. The monoisotopic (exact) mass is 734 g/mol. The Kier molecular flexibility index (Phi) is 14.2. The lowest BCUT2D eigenvalue weighted by molar-refractivity contribution is -0.145. The van der Waals surface area contributed by atoms with Crippen LogP contribution in [0.2, 0.25) is 0 Å². The molecule has 0 aliphatic carbocycles. The minimum atomic E-state index is -1.64. The number of hydrogen-bond acceptors (Lipinski definition) is 8. The molecule has 11 heteroatoms. The molecule has 2 unspecified atom stereocenters. The lowest BCUT2D eigenvalue weighted by Gasteiger charge is -2.24. The molecule has 5 aromatic rings. The van der Waals surface area contributed by atoms with Gasteiger partial charge in [0.1, 0.15) is 17.9 Å². The number of aliphatic carboxylic acids is 1. The van der Waals surface area contributed by atoms with Gasteiger partial charge < -0.3 is 25.6 Å². The quantitative estimate of drug-likeness (QED) is 0.0640. The minimum Gasteiger partial charge on any atom is -0.494 e. The number of amides is 2. The van der Waals surface area contributed by atoms with E-state index in [0.29, 0.717) is 28.4 Å². The van der Waals surface area contributed by atoms with Crippen molar-refractivity contribution in [3.8, 4) is 28.3 Å². The molecule has 2 heterocycles. The van der Waals surface area contributed by atoms with Gasteiger partial charge in [-0.05, 0) is 53.8 Å². The van der Waals surface area contributed by atoms with E-state index in [4.69, 9.17) is 4.74 Å². The molecule has 3 atom stereocenters. The van der Waals surface area contributed by atoms with Gasteiger partial charge in [-0.3, -0.25) is 9.59 Å². The van der Waals surface area contributed by atoms with Gasteiger partial charge in [-0.15, -0.1) is 11.3 Å². The molecule has 0 saturated carbocycles. The largest absolute Gasteiger partial charge is 0.494 e. The molecule has 0 bridgehead atoms. The normalized spacial score (nSPS) is 12.7. The van der Waals surface area contributed by atoms with Crippen LogP contribution in [0.25, 0.3) is 22.5 Å². The van der Waals surface area contributed by atoms with Crippen molar-refractivity contribution in [3.63, 3.8) is 0 Å². The number of rotatable bonds is 19. The highest BCUT2D eigenvalue weighted by Crippen LogP contribution is 2.24. The van der Waals surface area contributed by atoms with Crippen LogP contribution in [-0.4, -0.2) is 56.7 Å². The third-order valence-electron chi connectivity index (χ3n) is 8.88. The Hall–Kier alpha value is -5.39. The second-order valence-corrected chi connectivity index (χ2v) is 14.0. The number of carbonyl (C=O) groups is 3. The predicted octanol–water partition coefficient (Wildman–Crippen LogP) is 7.43. The molecular formula is C42H46N4O6S. The number of hydrogen-bond donors (Lipinski definition) is 4.